The lowest BCUT2D eigenvalue weighted by Crippen LogP contribution is -2.32. The molecule has 0 fully saturated rings. The van der Waals surface area contributed by atoms with Crippen LogP contribution in [0.25, 0.3) is 17.2 Å². The third kappa shape index (κ3) is 4.69. The lowest BCUT2D eigenvalue weighted by Gasteiger charge is -2.15. The van der Waals surface area contributed by atoms with Gasteiger partial charge in [-0.25, -0.2) is 4.39 Å². The average Bonchev–Trinajstić information content (AvgIpc) is 3.28. The van der Waals surface area contributed by atoms with Gasteiger partial charge in [-0.15, -0.1) is 5.10 Å². The summed E-state index contributed by atoms with van der Waals surface area (Å²) in [5.41, 5.74) is 2.28. The minimum absolute atomic E-state index is 0.0594. The number of carbonyl (C=O) groups excluding carboxylic acids is 1. The van der Waals surface area contributed by atoms with Crippen LogP contribution in [-0.4, -0.2) is 25.1 Å². The molecule has 0 aliphatic rings. The fraction of sp³-hybridized carbons (Fsp3) is 0.280. The summed E-state index contributed by atoms with van der Waals surface area (Å²) in [7, 11) is 0. The van der Waals surface area contributed by atoms with Crippen LogP contribution in [-0.2, 0) is 24.3 Å². The molecule has 0 bridgehead atoms. The molecule has 0 saturated carbocycles. The molecule has 7 nitrogen and oxygen atoms in total. The van der Waals surface area contributed by atoms with E-state index in [1.807, 2.05) is 37.3 Å². The molecular weight excluding hydrogens is 421 g/mol. The zero-order chi connectivity index (χ0) is 23.4. The molecule has 0 unspecified atom stereocenters. The van der Waals surface area contributed by atoms with Crippen LogP contribution in [0.4, 0.5) is 4.39 Å². The van der Waals surface area contributed by atoms with Gasteiger partial charge in [0.05, 0.1) is 0 Å². The highest BCUT2D eigenvalue weighted by Gasteiger charge is 2.20. The fourth-order valence-electron chi connectivity index (χ4n) is 3.79. The predicted molar refractivity (Wildman–Crippen MR) is 124 cm³/mol. The molecule has 0 aliphatic heterocycles. The van der Waals surface area contributed by atoms with Crippen LogP contribution in [0.3, 0.4) is 0 Å². The highest BCUT2D eigenvalue weighted by Crippen LogP contribution is 2.17. The Kier molecular flexibility index (Phi) is 6.63. The number of aromatic nitrogens is 4. The molecule has 1 N–H and O–H groups in total. The van der Waals surface area contributed by atoms with Gasteiger partial charge in [0.15, 0.2) is 5.82 Å². The van der Waals surface area contributed by atoms with Gasteiger partial charge >= 0.3 is 0 Å². The molecular formula is C25H26FN5O2. The van der Waals surface area contributed by atoms with Gasteiger partial charge in [-0.1, -0.05) is 61.9 Å². The van der Waals surface area contributed by atoms with Gasteiger partial charge in [0.2, 0.25) is 11.7 Å². The van der Waals surface area contributed by atoms with Crippen LogP contribution < -0.4 is 10.9 Å². The maximum atomic E-state index is 13.9. The Labute approximate surface area is 190 Å². The summed E-state index contributed by atoms with van der Waals surface area (Å²) < 4.78 is 16.9. The van der Waals surface area contributed by atoms with Gasteiger partial charge < -0.3 is 9.88 Å². The zero-order valence-electron chi connectivity index (χ0n) is 18.7. The first-order chi connectivity index (χ1) is 16.0. The Morgan fingerprint density at radius 3 is 2.55 bits per heavy atom. The molecule has 8 heteroatoms. The van der Waals surface area contributed by atoms with Gasteiger partial charge in [0, 0.05) is 28.9 Å². The van der Waals surface area contributed by atoms with E-state index in [9.17, 15) is 14.0 Å². The van der Waals surface area contributed by atoms with Gasteiger partial charge in [-0.2, -0.15) is 9.50 Å². The number of hydrogen-bond acceptors (Lipinski definition) is 4. The van der Waals surface area contributed by atoms with Crippen molar-refractivity contribution in [3.63, 3.8) is 0 Å². The van der Waals surface area contributed by atoms with Crippen molar-refractivity contribution in [1.82, 2.24) is 24.5 Å². The molecule has 0 aliphatic carbocycles. The number of halogens is 1. The van der Waals surface area contributed by atoms with Crippen LogP contribution in [0.2, 0.25) is 0 Å². The number of benzene rings is 2. The lowest BCUT2D eigenvalue weighted by molar-refractivity contribution is -0.121. The maximum absolute atomic E-state index is 13.9. The Bertz CT molecular complexity index is 1340. The summed E-state index contributed by atoms with van der Waals surface area (Å²) in [5.74, 6) is 0.0436. The zero-order valence-corrected chi connectivity index (χ0v) is 18.7. The number of rotatable bonds is 8. The van der Waals surface area contributed by atoms with E-state index in [4.69, 9.17) is 0 Å². The van der Waals surface area contributed by atoms with Gasteiger partial charge in [0.25, 0.3) is 5.56 Å². The summed E-state index contributed by atoms with van der Waals surface area (Å²) >= 11 is 0. The van der Waals surface area contributed by atoms with Gasteiger partial charge in [-0.05, 0) is 25.8 Å². The molecule has 170 valence electrons. The molecule has 1 amide bonds. The first kappa shape index (κ1) is 22.4. The molecule has 0 saturated heterocycles. The first-order valence-corrected chi connectivity index (χ1v) is 11.0. The van der Waals surface area contributed by atoms with Crippen molar-refractivity contribution in [3.05, 3.63) is 87.6 Å². The molecule has 2 heterocycles. The molecule has 4 aromatic rings. The second-order valence-corrected chi connectivity index (χ2v) is 7.94. The summed E-state index contributed by atoms with van der Waals surface area (Å²) in [4.78, 5) is 30.6. The third-order valence-electron chi connectivity index (χ3n) is 5.67. The number of carbonyl (C=O) groups is 1. The van der Waals surface area contributed by atoms with Crippen molar-refractivity contribution < 1.29 is 9.18 Å². The van der Waals surface area contributed by atoms with E-state index in [0.717, 1.165) is 18.4 Å². The van der Waals surface area contributed by atoms with Gasteiger partial charge in [0.1, 0.15) is 12.4 Å². The summed E-state index contributed by atoms with van der Waals surface area (Å²) in [6, 6.07) is 15.7. The first-order valence-electron chi connectivity index (χ1n) is 11.0. The number of nitrogens with zero attached hydrogens (tertiary/aromatic N) is 4. The van der Waals surface area contributed by atoms with Crippen molar-refractivity contribution >= 4 is 11.7 Å². The molecule has 0 radical (unpaired) electrons. The summed E-state index contributed by atoms with van der Waals surface area (Å²) in [6.07, 6.45) is 2.38. The number of amides is 1. The third-order valence-corrected chi connectivity index (χ3v) is 5.67. The minimum Gasteiger partial charge on any atom is -0.350 e. The van der Waals surface area contributed by atoms with E-state index in [0.29, 0.717) is 34.8 Å². The quantitative estimate of drug-likeness (QED) is 0.447. The average molecular weight is 448 g/mol. The second-order valence-electron chi connectivity index (χ2n) is 7.94. The lowest BCUT2D eigenvalue weighted by atomic mass is 10.1. The number of hydrogen-bond donors (Lipinski definition) is 1. The molecule has 4 rings (SSSR count). The van der Waals surface area contributed by atoms with Crippen molar-refractivity contribution in [1.29, 1.82) is 0 Å². The van der Waals surface area contributed by atoms with Crippen molar-refractivity contribution in [2.24, 2.45) is 0 Å². The highest BCUT2D eigenvalue weighted by molar-refractivity contribution is 5.76. The van der Waals surface area contributed by atoms with E-state index < -0.39 is 0 Å². The number of unbranched alkanes of at least 4 members (excludes halogenated alkanes) is 1. The topological polar surface area (TPSA) is 81.3 Å². The summed E-state index contributed by atoms with van der Waals surface area (Å²) in [6.45, 7) is 3.90. The Balaban J connectivity index is 1.71. The Morgan fingerprint density at radius 1 is 1.09 bits per heavy atom. The minimum atomic E-state index is -0.369. The van der Waals surface area contributed by atoms with E-state index in [-0.39, 0.29) is 30.4 Å². The van der Waals surface area contributed by atoms with Gasteiger partial charge in [-0.3, -0.25) is 9.59 Å². The van der Waals surface area contributed by atoms with E-state index in [1.165, 1.54) is 10.6 Å². The highest BCUT2D eigenvalue weighted by atomic mass is 19.1. The largest absolute Gasteiger partial charge is 0.350 e. The second kappa shape index (κ2) is 9.77. The van der Waals surface area contributed by atoms with E-state index in [1.54, 1.807) is 22.8 Å². The van der Waals surface area contributed by atoms with Crippen molar-refractivity contribution in [2.75, 3.05) is 0 Å². The maximum Gasteiger partial charge on any atom is 0.279 e. The monoisotopic (exact) mass is 447 g/mol. The molecule has 2 aromatic carbocycles. The Morgan fingerprint density at radius 2 is 1.82 bits per heavy atom. The van der Waals surface area contributed by atoms with Crippen molar-refractivity contribution in [3.8, 4) is 11.4 Å². The number of fused-ring (bicyclic) bond motifs is 1. The molecule has 0 spiro atoms. The summed E-state index contributed by atoms with van der Waals surface area (Å²) in [5, 5.41) is 7.22. The van der Waals surface area contributed by atoms with Crippen LogP contribution >= 0.6 is 0 Å². The molecule has 2 aromatic heterocycles. The number of nitrogens with one attached hydrogen (secondary N) is 1. The predicted octanol–water partition coefficient (Wildman–Crippen LogP) is 3.66. The fourth-order valence-corrected chi connectivity index (χ4v) is 3.79. The van der Waals surface area contributed by atoms with Crippen LogP contribution in [0, 0.1) is 12.7 Å². The van der Waals surface area contributed by atoms with E-state index >= 15 is 0 Å². The normalized spacial score (nSPS) is 11.1. The molecule has 0 atom stereocenters. The smallest absolute Gasteiger partial charge is 0.279 e. The van der Waals surface area contributed by atoms with Crippen LogP contribution in [0.15, 0.2) is 59.4 Å². The SMILES string of the molecule is CCCCc1c(C)n(CC(=O)NCc2ccccc2F)c2nc(-c3ccccc3)nn2c1=O. The van der Waals surface area contributed by atoms with Crippen LogP contribution in [0.1, 0.15) is 36.6 Å². The van der Waals surface area contributed by atoms with Crippen molar-refractivity contribution in [2.45, 2.75) is 46.2 Å². The van der Waals surface area contributed by atoms with Crippen LogP contribution in [0.5, 0.6) is 0 Å². The van der Waals surface area contributed by atoms with E-state index in [2.05, 4.69) is 22.3 Å². The standard InChI is InChI=1S/C25H26FN5O2/c1-3-4-13-20-17(2)30(16-22(32)27-15-19-12-8-9-14-21(19)26)25-28-23(29-31(25)24(20)33)18-10-6-5-7-11-18/h5-12,14H,3-4,13,15-16H2,1-2H3,(H,27,32). The molecule has 33 heavy (non-hydrogen) atoms. The Hall–Kier alpha value is -3.81.